The monoisotopic (exact) mass is 623 g/mol. The van der Waals surface area contributed by atoms with E-state index in [0.29, 0.717) is 0 Å². The number of fused-ring (bicyclic) bond motifs is 12. The van der Waals surface area contributed by atoms with Crippen molar-refractivity contribution in [1.82, 2.24) is 13.7 Å². The molecule has 0 bridgehead atoms. The van der Waals surface area contributed by atoms with Crippen LogP contribution in [0.25, 0.3) is 93.1 Å². The van der Waals surface area contributed by atoms with Crippen LogP contribution in [0.15, 0.2) is 176 Å². The van der Waals surface area contributed by atoms with E-state index in [4.69, 9.17) is 0 Å². The third kappa shape index (κ3) is 3.67. The average molecular weight is 624 g/mol. The molecule has 0 unspecified atom stereocenters. The molecule has 0 saturated heterocycles. The molecule has 0 aliphatic rings. The minimum Gasteiger partial charge on any atom is -0.316 e. The van der Waals surface area contributed by atoms with Crippen LogP contribution in [0.4, 0.5) is 0 Å². The predicted octanol–water partition coefficient (Wildman–Crippen LogP) is 12.1. The van der Waals surface area contributed by atoms with Crippen molar-refractivity contribution >= 4 is 76.1 Å². The van der Waals surface area contributed by atoms with Gasteiger partial charge < -0.3 is 13.7 Å². The van der Waals surface area contributed by atoms with Gasteiger partial charge in [0.05, 0.1) is 27.6 Å². The highest BCUT2D eigenvalue weighted by atomic mass is 15.0. The van der Waals surface area contributed by atoms with Crippen LogP contribution in [-0.2, 0) is 0 Å². The van der Waals surface area contributed by atoms with Gasteiger partial charge in [0.25, 0.3) is 0 Å². The van der Waals surface area contributed by atoms with Gasteiger partial charge in [0.1, 0.15) is 0 Å². The van der Waals surface area contributed by atoms with Crippen LogP contribution in [0.3, 0.4) is 0 Å². The molecule has 0 saturated carbocycles. The highest BCUT2D eigenvalue weighted by Gasteiger charge is 2.20. The van der Waals surface area contributed by atoms with E-state index in [1.807, 2.05) is 0 Å². The molecule has 11 rings (SSSR count). The van der Waals surface area contributed by atoms with Crippen molar-refractivity contribution in [3.8, 4) is 17.1 Å². The van der Waals surface area contributed by atoms with Crippen molar-refractivity contribution in [2.45, 2.75) is 0 Å². The number of benzene rings is 8. The van der Waals surface area contributed by atoms with Gasteiger partial charge in [0.2, 0.25) is 0 Å². The molecule has 3 aromatic heterocycles. The van der Waals surface area contributed by atoms with Crippen molar-refractivity contribution in [3.05, 3.63) is 176 Å². The van der Waals surface area contributed by atoms with E-state index in [2.05, 4.69) is 190 Å². The lowest BCUT2D eigenvalue weighted by Gasteiger charge is -2.11. The molecule has 0 atom stereocenters. The number of rotatable bonds is 3. The third-order valence-corrected chi connectivity index (χ3v) is 10.4. The Morgan fingerprint density at radius 3 is 1.73 bits per heavy atom. The van der Waals surface area contributed by atoms with Crippen LogP contribution in [0.5, 0.6) is 0 Å². The zero-order chi connectivity index (χ0) is 32.1. The van der Waals surface area contributed by atoms with Gasteiger partial charge in [-0.15, -0.1) is 0 Å². The lowest BCUT2D eigenvalue weighted by atomic mass is 9.98. The van der Waals surface area contributed by atoms with Gasteiger partial charge >= 0.3 is 0 Å². The average Bonchev–Trinajstić information content (AvgIpc) is 3.86. The Morgan fingerprint density at radius 2 is 0.898 bits per heavy atom. The topological polar surface area (TPSA) is 14.8 Å². The van der Waals surface area contributed by atoms with Crippen LogP contribution in [0.2, 0.25) is 0 Å². The van der Waals surface area contributed by atoms with E-state index >= 15 is 0 Å². The summed E-state index contributed by atoms with van der Waals surface area (Å²) in [5.74, 6) is 0. The van der Waals surface area contributed by atoms with Crippen LogP contribution < -0.4 is 0 Å². The van der Waals surface area contributed by atoms with Gasteiger partial charge in [0.15, 0.2) is 0 Å². The van der Waals surface area contributed by atoms with Gasteiger partial charge in [-0.25, -0.2) is 0 Å². The van der Waals surface area contributed by atoms with Gasteiger partial charge in [-0.2, -0.15) is 0 Å². The molecular formula is C46H29N3. The maximum absolute atomic E-state index is 2.48. The summed E-state index contributed by atoms with van der Waals surface area (Å²) in [6, 6.07) is 62.0. The molecule has 49 heavy (non-hydrogen) atoms. The quantitative estimate of drug-likeness (QED) is 0.186. The second-order valence-electron chi connectivity index (χ2n) is 13.0. The zero-order valence-electron chi connectivity index (χ0n) is 26.6. The molecule has 0 spiro atoms. The molecule has 3 nitrogen and oxygen atoms in total. The second kappa shape index (κ2) is 9.96. The van der Waals surface area contributed by atoms with E-state index in [1.165, 1.54) is 87.4 Å². The summed E-state index contributed by atoms with van der Waals surface area (Å²) in [5.41, 5.74) is 9.58. The fourth-order valence-electron chi connectivity index (χ4n) is 8.35. The smallest absolute Gasteiger partial charge is 0.0607 e. The normalized spacial score (nSPS) is 12.1. The Morgan fingerprint density at radius 1 is 0.306 bits per heavy atom. The fourth-order valence-corrected chi connectivity index (χ4v) is 8.35. The molecule has 0 radical (unpaired) electrons. The summed E-state index contributed by atoms with van der Waals surface area (Å²) in [5, 5.41) is 11.4. The molecule has 0 fully saturated rings. The Bertz CT molecular complexity index is 3090. The molecular weight excluding hydrogens is 595 g/mol. The van der Waals surface area contributed by atoms with E-state index in [1.54, 1.807) is 0 Å². The first kappa shape index (κ1) is 26.5. The molecule has 3 heterocycles. The maximum Gasteiger partial charge on any atom is 0.0607 e. The number of hydrogen-bond acceptors (Lipinski definition) is 0. The summed E-state index contributed by atoms with van der Waals surface area (Å²) in [6.07, 6.45) is 2.20. The van der Waals surface area contributed by atoms with Gasteiger partial charge in [-0.1, -0.05) is 103 Å². The molecule has 228 valence electrons. The minimum absolute atomic E-state index is 1.16. The van der Waals surface area contributed by atoms with Crippen molar-refractivity contribution in [2.24, 2.45) is 0 Å². The lowest BCUT2D eigenvalue weighted by molar-refractivity contribution is 1.13. The third-order valence-electron chi connectivity index (χ3n) is 10.4. The van der Waals surface area contributed by atoms with Crippen molar-refractivity contribution in [3.63, 3.8) is 0 Å². The molecule has 0 aliphatic carbocycles. The molecule has 11 aromatic rings. The molecule has 3 heteroatoms. The summed E-state index contributed by atoms with van der Waals surface area (Å²) < 4.78 is 7.19. The maximum atomic E-state index is 2.48. The lowest BCUT2D eigenvalue weighted by Crippen LogP contribution is -1.96. The molecule has 0 amide bonds. The highest BCUT2D eigenvalue weighted by molar-refractivity contribution is 6.30. The van der Waals surface area contributed by atoms with E-state index in [0.717, 1.165) is 5.69 Å². The van der Waals surface area contributed by atoms with Gasteiger partial charge in [0, 0.05) is 55.6 Å². The van der Waals surface area contributed by atoms with E-state index in [-0.39, 0.29) is 0 Å². The molecule has 0 aliphatic heterocycles. The number of para-hydroxylation sites is 3. The largest absolute Gasteiger partial charge is 0.316 e. The Kier molecular flexibility index (Phi) is 5.38. The van der Waals surface area contributed by atoms with Crippen LogP contribution in [0.1, 0.15) is 0 Å². The van der Waals surface area contributed by atoms with Gasteiger partial charge in [-0.3, -0.25) is 0 Å². The first-order valence-corrected chi connectivity index (χ1v) is 16.9. The van der Waals surface area contributed by atoms with Crippen LogP contribution >= 0.6 is 0 Å². The Labute approximate surface area is 282 Å². The minimum atomic E-state index is 1.16. The highest BCUT2D eigenvalue weighted by Crippen LogP contribution is 2.43. The summed E-state index contributed by atoms with van der Waals surface area (Å²) >= 11 is 0. The molecule has 0 N–H and O–H groups in total. The van der Waals surface area contributed by atoms with Crippen LogP contribution in [-0.4, -0.2) is 13.7 Å². The first-order valence-electron chi connectivity index (χ1n) is 16.9. The number of hydrogen-bond donors (Lipinski definition) is 0. The summed E-state index contributed by atoms with van der Waals surface area (Å²) in [4.78, 5) is 0. The Hall–Kier alpha value is -6.58. The zero-order valence-corrected chi connectivity index (χ0v) is 26.6. The number of aromatic nitrogens is 3. The van der Waals surface area contributed by atoms with Gasteiger partial charge in [-0.05, 0) is 82.9 Å². The van der Waals surface area contributed by atoms with Crippen LogP contribution in [0, 0.1) is 0 Å². The summed E-state index contributed by atoms with van der Waals surface area (Å²) in [7, 11) is 0. The Balaban J connectivity index is 1.27. The van der Waals surface area contributed by atoms with E-state index in [9.17, 15) is 0 Å². The van der Waals surface area contributed by atoms with Crippen molar-refractivity contribution in [2.75, 3.05) is 0 Å². The predicted molar refractivity (Wildman–Crippen MR) is 207 cm³/mol. The fraction of sp³-hybridized carbons (Fsp3) is 0. The van der Waals surface area contributed by atoms with Crippen molar-refractivity contribution < 1.29 is 0 Å². The summed E-state index contributed by atoms with van der Waals surface area (Å²) in [6.45, 7) is 0. The number of nitrogens with zero attached hydrogens (tertiary/aromatic N) is 3. The standard InChI is InChI=1S/C46H29N3/c1-3-12-32(13-4-1)47-28-27-31-19-22-37-38(46(31)47)23-26-43-45(37)44-35-16-8-7-11-30(35)20-24-42(44)49(43)34-21-25-41-39(29-34)36-17-9-10-18-40(36)48(41)33-14-5-2-6-15-33/h1-29H. The molecule has 8 aromatic carbocycles. The first-order chi connectivity index (χ1) is 24.3. The second-order valence-corrected chi connectivity index (χ2v) is 13.0. The van der Waals surface area contributed by atoms with Crippen molar-refractivity contribution in [1.29, 1.82) is 0 Å². The SMILES string of the molecule is c1ccc(-n2ccc3ccc4c(ccc5c4c4c6ccccc6ccc4n5-c4ccc5c(c4)c4ccccc4n5-c4ccccc4)c32)cc1. The van der Waals surface area contributed by atoms with E-state index < -0.39 is 0 Å².